The van der Waals surface area contributed by atoms with Crippen molar-refractivity contribution in [2.75, 3.05) is 72.0 Å². The predicted molar refractivity (Wildman–Crippen MR) is 485 cm³/mol. The Hall–Kier alpha value is -0.360. The highest BCUT2D eigenvalue weighted by Gasteiger charge is 2.20. The summed E-state index contributed by atoms with van der Waals surface area (Å²) in [5.74, 6) is 0. The Kier molecular flexibility index (Phi) is 92.8. The largest absolute Gasteiger partial charge is 0.392 e. The third kappa shape index (κ3) is 88.3. The van der Waals surface area contributed by atoms with Crippen LogP contribution in [0.2, 0.25) is 0 Å². The van der Waals surface area contributed by atoms with E-state index in [1.165, 1.54) is 417 Å². The van der Waals surface area contributed by atoms with E-state index < -0.39 is 0 Å². The summed E-state index contributed by atoms with van der Waals surface area (Å²) in [5, 5.41) is 61.3. The second kappa shape index (κ2) is 93.1. The Bertz CT molecular complexity index is 1590. The summed E-state index contributed by atoms with van der Waals surface area (Å²) in [6, 6.07) is 0. The third-order valence-corrected chi connectivity index (χ3v) is 24.7. The predicted octanol–water partition coefficient (Wildman–Crippen LogP) is 29.2. The van der Waals surface area contributed by atoms with Crippen LogP contribution in [0.3, 0.4) is 0 Å². The van der Waals surface area contributed by atoms with Crippen LogP contribution in [0.5, 0.6) is 0 Å². The van der Waals surface area contributed by atoms with Gasteiger partial charge in [0.25, 0.3) is 0 Å². The van der Waals surface area contributed by atoms with Crippen LogP contribution >= 0.6 is 0 Å². The zero-order chi connectivity index (χ0) is 79.0. The molecule has 0 heterocycles. The fraction of sp³-hybridized carbons (Fsp3) is 1.00. The molecule has 0 aliphatic heterocycles. The van der Waals surface area contributed by atoms with Crippen molar-refractivity contribution in [3.63, 3.8) is 0 Å². The van der Waals surface area contributed by atoms with Crippen molar-refractivity contribution in [2.24, 2.45) is 0 Å². The molecule has 0 spiro atoms. The van der Waals surface area contributed by atoms with Crippen LogP contribution in [0.25, 0.3) is 0 Å². The lowest BCUT2D eigenvalue weighted by molar-refractivity contribution is 0.0558. The van der Waals surface area contributed by atoms with Gasteiger partial charge in [0, 0.05) is 32.7 Å². The first-order chi connectivity index (χ1) is 53.7. The molecule has 0 saturated heterocycles. The smallest absolute Gasteiger partial charge is 0.0667 e. The SMILES string of the molecule is CCCCCCCCCCCCCCCCC(O)CNCCCN(CCCCN(CCCN(CC(O)CCCCCCCCCCCCCCCC)CC(O)CCCCCCCCCCCCCCCC)CC(O)CCCCCCCCCCCCCCCC)CC(O)CCCCCCCCCCCCCCCC. The van der Waals surface area contributed by atoms with Crippen molar-refractivity contribution in [3.05, 3.63) is 0 Å². The maximum atomic E-state index is 11.8. The first kappa shape index (κ1) is 109. The molecule has 5 atom stereocenters. The lowest BCUT2D eigenvalue weighted by atomic mass is 10.0. The van der Waals surface area contributed by atoms with E-state index in [0.29, 0.717) is 26.2 Å². The minimum absolute atomic E-state index is 0.283. The second-order valence-corrected chi connectivity index (χ2v) is 36.2. The van der Waals surface area contributed by atoms with Crippen LogP contribution in [0.1, 0.15) is 542 Å². The number of aliphatic hydroxyl groups is 5. The molecule has 0 fully saturated rings. The van der Waals surface area contributed by atoms with E-state index in [-0.39, 0.29) is 30.5 Å². The quantitative estimate of drug-likeness (QED) is 0.0331. The van der Waals surface area contributed by atoms with Gasteiger partial charge in [0.15, 0.2) is 0 Å². The molecule has 6 N–H and O–H groups in total. The average molecular weight is 1540 g/mol. The summed E-state index contributed by atoms with van der Waals surface area (Å²) in [7, 11) is 0. The number of hydrogen-bond donors (Lipinski definition) is 6. The van der Waals surface area contributed by atoms with Gasteiger partial charge in [-0.1, -0.05) is 484 Å². The van der Waals surface area contributed by atoms with Crippen LogP contribution in [0.4, 0.5) is 0 Å². The summed E-state index contributed by atoms with van der Waals surface area (Å²) in [4.78, 5) is 7.51. The van der Waals surface area contributed by atoms with Gasteiger partial charge in [0.2, 0.25) is 0 Å². The molecule has 0 aliphatic carbocycles. The number of unbranched alkanes of at least 4 members (excludes halogenated alkanes) is 66. The molecule has 0 aliphatic rings. The zero-order valence-electron chi connectivity index (χ0n) is 75.6. The molecule has 0 aromatic rings. The monoisotopic (exact) mass is 1540 g/mol. The molecule has 9 nitrogen and oxygen atoms in total. The number of nitrogens with one attached hydrogen (secondary N) is 1. The van der Waals surface area contributed by atoms with E-state index in [1.807, 2.05) is 0 Å². The molecular weight excluding hydrogens is 1340 g/mol. The van der Waals surface area contributed by atoms with Crippen molar-refractivity contribution in [3.8, 4) is 0 Å². The van der Waals surface area contributed by atoms with E-state index >= 15 is 0 Å². The normalized spacial score (nSPS) is 13.5. The van der Waals surface area contributed by atoms with Crippen LogP contribution in [0, 0.1) is 0 Å². The molecule has 0 rings (SSSR count). The molecule has 656 valence electrons. The van der Waals surface area contributed by atoms with Gasteiger partial charge in [0.05, 0.1) is 30.5 Å². The third-order valence-electron chi connectivity index (χ3n) is 24.7. The highest BCUT2D eigenvalue weighted by molar-refractivity contribution is 4.75. The molecule has 0 aromatic heterocycles. The average Bonchev–Trinajstić information content (AvgIpc) is 0.948. The van der Waals surface area contributed by atoms with Crippen molar-refractivity contribution in [1.29, 1.82) is 0 Å². The molecule has 0 radical (unpaired) electrons. The summed E-state index contributed by atoms with van der Waals surface area (Å²) in [6.07, 6.45) is 101. The lowest BCUT2D eigenvalue weighted by Gasteiger charge is -2.30. The Balaban J connectivity index is 5.87. The van der Waals surface area contributed by atoms with Gasteiger partial charge < -0.3 is 40.6 Å². The molecule has 0 saturated carbocycles. The van der Waals surface area contributed by atoms with Gasteiger partial charge in [-0.2, -0.15) is 0 Å². The summed E-state index contributed by atoms with van der Waals surface area (Å²) in [6.45, 7) is 20.4. The van der Waals surface area contributed by atoms with Gasteiger partial charge >= 0.3 is 0 Å². The Morgan fingerprint density at radius 1 is 0.165 bits per heavy atom. The van der Waals surface area contributed by atoms with Crippen molar-refractivity contribution < 1.29 is 25.5 Å². The lowest BCUT2D eigenvalue weighted by Crippen LogP contribution is -2.41. The molecule has 0 bridgehead atoms. The van der Waals surface area contributed by atoms with Gasteiger partial charge in [-0.25, -0.2) is 0 Å². The summed E-state index contributed by atoms with van der Waals surface area (Å²) >= 11 is 0. The zero-order valence-corrected chi connectivity index (χ0v) is 75.6. The van der Waals surface area contributed by atoms with E-state index in [4.69, 9.17) is 0 Å². The minimum Gasteiger partial charge on any atom is -0.392 e. The van der Waals surface area contributed by atoms with Gasteiger partial charge in [0.1, 0.15) is 0 Å². The van der Waals surface area contributed by atoms with Gasteiger partial charge in [-0.15, -0.1) is 0 Å². The maximum absolute atomic E-state index is 11.8. The first-order valence-corrected chi connectivity index (χ1v) is 51.0. The second-order valence-electron chi connectivity index (χ2n) is 36.2. The Labute approximate surface area is 686 Å². The fourth-order valence-electron chi connectivity index (χ4n) is 17.3. The van der Waals surface area contributed by atoms with Crippen LogP contribution in [0.15, 0.2) is 0 Å². The fourth-order valence-corrected chi connectivity index (χ4v) is 17.3. The molecule has 0 aromatic carbocycles. The van der Waals surface area contributed by atoms with Crippen LogP contribution in [-0.4, -0.2) is 143 Å². The Morgan fingerprint density at radius 2 is 0.321 bits per heavy atom. The Morgan fingerprint density at radius 3 is 0.532 bits per heavy atom. The van der Waals surface area contributed by atoms with E-state index in [2.05, 4.69) is 54.6 Å². The number of hydrogen-bond acceptors (Lipinski definition) is 9. The van der Waals surface area contributed by atoms with E-state index in [1.54, 1.807) is 0 Å². The standard InChI is InChI=1S/C100H206N4O5/c1-6-11-16-21-26-31-36-41-46-51-56-61-66-71-80-96(105)91-101-85-78-88-102(92-97(106)81-72-67-62-57-52-47-42-37-32-27-22-17-12-7-2)86-76-77-87-103(93-98(107)82-73-68-63-58-53-48-43-38-33-28-23-18-13-8-3)89-79-90-104(94-99(108)83-74-69-64-59-54-49-44-39-34-29-24-19-14-9-4)95-100(109)84-75-70-65-60-55-50-45-40-35-30-25-20-15-10-5/h96-101,105-109H,6-95H2,1-5H3. The van der Waals surface area contributed by atoms with Crippen molar-refractivity contribution in [1.82, 2.24) is 20.0 Å². The number of rotatable bonds is 98. The molecule has 5 unspecified atom stereocenters. The van der Waals surface area contributed by atoms with Crippen LogP contribution < -0.4 is 5.32 Å². The molecule has 9 heteroatoms. The van der Waals surface area contributed by atoms with E-state index in [9.17, 15) is 25.5 Å². The van der Waals surface area contributed by atoms with Crippen molar-refractivity contribution >= 4 is 0 Å². The highest BCUT2D eigenvalue weighted by Crippen LogP contribution is 2.22. The number of nitrogens with zero attached hydrogens (tertiary/aromatic N) is 3. The maximum Gasteiger partial charge on any atom is 0.0667 e. The minimum atomic E-state index is -0.375. The molecule has 0 amide bonds. The van der Waals surface area contributed by atoms with E-state index in [0.717, 1.165) is 136 Å². The summed E-state index contributed by atoms with van der Waals surface area (Å²) in [5.41, 5.74) is 0. The van der Waals surface area contributed by atoms with Crippen LogP contribution in [-0.2, 0) is 0 Å². The summed E-state index contributed by atoms with van der Waals surface area (Å²) < 4.78 is 0. The topological polar surface area (TPSA) is 123 Å². The molecular formula is C100H206N4O5. The van der Waals surface area contributed by atoms with Crippen molar-refractivity contribution in [2.45, 2.75) is 572 Å². The van der Waals surface area contributed by atoms with Gasteiger partial charge in [-0.05, 0) is 97.1 Å². The molecule has 109 heavy (non-hydrogen) atoms. The highest BCUT2D eigenvalue weighted by atomic mass is 16.3. The van der Waals surface area contributed by atoms with Gasteiger partial charge in [-0.3, -0.25) is 4.90 Å². The first-order valence-electron chi connectivity index (χ1n) is 51.0. The number of aliphatic hydroxyl groups excluding tert-OH is 5.